The van der Waals surface area contributed by atoms with Crippen molar-refractivity contribution in [2.75, 3.05) is 16.8 Å². The van der Waals surface area contributed by atoms with Crippen molar-refractivity contribution in [3.63, 3.8) is 0 Å². The van der Waals surface area contributed by atoms with Gasteiger partial charge in [0.15, 0.2) is 10.9 Å². The number of thiazole rings is 1. The predicted octanol–water partition coefficient (Wildman–Crippen LogP) is 2.01. The topological polar surface area (TPSA) is 91.0 Å². The summed E-state index contributed by atoms with van der Waals surface area (Å²) in [6.07, 6.45) is 1.81. The number of nitrogens with zero attached hydrogens (tertiary/aromatic N) is 3. The largest absolute Gasteiger partial charge is 0.302 e. The first-order valence-electron chi connectivity index (χ1n) is 7.16. The Bertz CT molecular complexity index is 873. The lowest BCUT2D eigenvalue weighted by molar-refractivity contribution is -0.122. The van der Waals surface area contributed by atoms with Crippen LogP contribution in [0.15, 0.2) is 35.8 Å². The van der Waals surface area contributed by atoms with Crippen LogP contribution >= 0.6 is 11.3 Å². The second-order valence-electron chi connectivity index (χ2n) is 5.32. The second kappa shape index (κ2) is 5.47. The first kappa shape index (κ1) is 13.9. The zero-order valence-corrected chi connectivity index (χ0v) is 12.8. The van der Waals surface area contributed by atoms with Crippen molar-refractivity contribution in [3.8, 4) is 0 Å². The van der Waals surface area contributed by atoms with Gasteiger partial charge in [0.2, 0.25) is 11.8 Å². The quantitative estimate of drug-likeness (QED) is 0.770. The number of H-pyrrole nitrogens is 1. The molecule has 4 rings (SSSR count). The molecule has 1 saturated heterocycles. The van der Waals surface area contributed by atoms with Crippen LogP contribution in [0, 0.1) is 5.92 Å². The maximum absolute atomic E-state index is 12.3. The van der Waals surface area contributed by atoms with Crippen molar-refractivity contribution in [1.29, 1.82) is 0 Å². The van der Waals surface area contributed by atoms with E-state index in [1.807, 2.05) is 24.3 Å². The van der Waals surface area contributed by atoms with E-state index in [1.54, 1.807) is 16.5 Å². The molecule has 1 aromatic carbocycles. The van der Waals surface area contributed by atoms with E-state index in [0.29, 0.717) is 17.5 Å². The van der Waals surface area contributed by atoms with Gasteiger partial charge < -0.3 is 5.32 Å². The number of hydrogen-bond acceptors (Lipinski definition) is 5. The standard InChI is InChI=1S/C15H13N5O2S/c21-12-7-9(14(22)17-15-16-5-6-23-15)8-20(12)13-10-3-1-2-4-11(10)18-19-13/h1-6,9H,7-8H2,(H,18,19)(H,16,17,22). The van der Waals surface area contributed by atoms with Crippen molar-refractivity contribution >= 4 is 45.0 Å². The minimum Gasteiger partial charge on any atom is -0.302 e. The van der Waals surface area contributed by atoms with Gasteiger partial charge in [-0.3, -0.25) is 19.6 Å². The summed E-state index contributed by atoms with van der Waals surface area (Å²) in [4.78, 5) is 30.2. The lowest BCUT2D eigenvalue weighted by Crippen LogP contribution is -2.28. The van der Waals surface area contributed by atoms with E-state index in [0.717, 1.165) is 10.9 Å². The van der Waals surface area contributed by atoms with Crippen LogP contribution in [0.5, 0.6) is 0 Å². The van der Waals surface area contributed by atoms with Gasteiger partial charge in [0, 0.05) is 29.9 Å². The van der Waals surface area contributed by atoms with Gasteiger partial charge in [-0.25, -0.2) is 4.98 Å². The lowest BCUT2D eigenvalue weighted by Gasteiger charge is -2.13. The lowest BCUT2D eigenvalue weighted by atomic mass is 10.1. The fourth-order valence-corrected chi connectivity index (χ4v) is 3.27. The van der Waals surface area contributed by atoms with Crippen LogP contribution in [0.3, 0.4) is 0 Å². The molecule has 0 radical (unpaired) electrons. The van der Waals surface area contributed by atoms with Crippen LogP contribution in [-0.4, -0.2) is 33.5 Å². The molecule has 3 aromatic rings. The molecule has 0 spiro atoms. The number of carbonyl (C=O) groups excluding carboxylic acids is 2. The molecule has 1 fully saturated rings. The monoisotopic (exact) mass is 327 g/mol. The van der Waals surface area contributed by atoms with Gasteiger partial charge in [-0.2, -0.15) is 5.10 Å². The molecule has 23 heavy (non-hydrogen) atoms. The Morgan fingerprint density at radius 3 is 3.09 bits per heavy atom. The third kappa shape index (κ3) is 2.46. The Morgan fingerprint density at radius 2 is 2.26 bits per heavy atom. The van der Waals surface area contributed by atoms with Crippen molar-refractivity contribution < 1.29 is 9.59 Å². The molecule has 2 amide bonds. The Labute approximate surface area is 135 Å². The third-order valence-corrected chi connectivity index (χ3v) is 4.55. The number of amides is 2. The maximum atomic E-state index is 12.3. The van der Waals surface area contributed by atoms with Crippen LogP contribution in [-0.2, 0) is 9.59 Å². The highest BCUT2D eigenvalue weighted by atomic mass is 32.1. The summed E-state index contributed by atoms with van der Waals surface area (Å²) in [5.74, 6) is -0.103. The number of aromatic amines is 1. The Hall–Kier alpha value is -2.74. The number of benzene rings is 1. The Morgan fingerprint density at radius 1 is 1.39 bits per heavy atom. The van der Waals surface area contributed by atoms with Gasteiger partial charge in [0.25, 0.3) is 0 Å². The number of anilines is 2. The highest BCUT2D eigenvalue weighted by Gasteiger charge is 2.37. The van der Waals surface area contributed by atoms with E-state index < -0.39 is 5.92 Å². The van der Waals surface area contributed by atoms with Crippen molar-refractivity contribution in [3.05, 3.63) is 35.8 Å². The summed E-state index contributed by atoms with van der Waals surface area (Å²) in [5.41, 5.74) is 0.867. The van der Waals surface area contributed by atoms with Crippen molar-refractivity contribution in [2.24, 2.45) is 5.92 Å². The first-order valence-corrected chi connectivity index (χ1v) is 8.04. The molecule has 0 bridgehead atoms. The highest BCUT2D eigenvalue weighted by molar-refractivity contribution is 7.13. The number of para-hydroxylation sites is 1. The normalized spacial score (nSPS) is 17.8. The van der Waals surface area contributed by atoms with Crippen LogP contribution in [0.1, 0.15) is 6.42 Å². The molecule has 1 aliphatic heterocycles. The Balaban J connectivity index is 1.55. The summed E-state index contributed by atoms with van der Waals surface area (Å²) >= 11 is 1.35. The smallest absolute Gasteiger partial charge is 0.231 e. The minimum atomic E-state index is -0.401. The minimum absolute atomic E-state index is 0.0958. The fourth-order valence-electron chi connectivity index (χ4n) is 2.74. The van der Waals surface area contributed by atoms with Gasteiger partial charge >= 0.3 is 0 Å². The Kier molecular flexibility index (Phi) is 3.30. The van der Waals surface area contributed by atoms with Crippen molar-refractivity contribution in [1.82, 2.24) is 15.2 Å². The average Bonchev–Trinajstić information content (AvgIpc) is 3.26. The maximum Gasteiger partial charge on any atom is 0.231 e. The van der Waals surface area contributed by atoms with E-state index in [4.69, 9.17) is 0 Å². The van der Waals surface area contributed by atoms with Crippen LogP contribution < -0.4 is 10.2 Å². The van der Waals surface area contributed by atoms with Gasteiger partial charge in [-0.1, -0.05) is 12.1 Å². The molecule has 7 nitrogen and oxygen atoms in total. The molecule has 0 saturated carbocycles. The summed E-state index contributed by atoms with van der Waals surface area (Å²) in [5, 5.41) is 13.1. The zero-order valence-electron chi connectivity index (χ0n) is 12.0. The van der Waals surface area contributed by atoms with Gasteiger partial charge in [0.05, 0.1) is 11.4 Å². The third-order valence-electron chi connectivity index (χ3n) is 3.86. The molecule has 1 aliphatic rings. The summed E-state index contributed by atoms with van der Waals surface area (Å²) in [7, 11) is 0. The van der Waals surface area contributed by atoms with Crippen molar-refractivity contribution in [2.45, 2.75) is 6.42 Å². The summed E-state index contributed by atoms with van der Waals surface area (Å²) in [6, 6.07) is 7.61. The number of hydrogen-bond donors (Lipinski definition) is 2. The van der Waals surface area contributed by atoms with E-state index in [-0.39, 0.29) is 18.2 Å². The molecule has 2 aromatic heterocycles. The molecule has 3 heterocycles. The predicted molar refractivity (Wildman–Crippen MR) is 87.3 cm³/mol. The zero-order chi connectivity index (χ0) is 15.8. The van der Waals surface area contributed by atoms with Crippen LogP contribution in [0.25, 0.3) is 10.9 Å². The van der Waals surface area contributed by atoms with Crippen LogP contribution in [0.4, 0.5) is 10.9 Å². The average molecular weight is 327 g/mol. The second-order valence-corrected chi connectivity index (χ2v) is 6.22. The molecule has 0 aliphatic carbocycles. The highest BCUT2D eigenvalue weighted by Crippen LogP contribution is 2.30. The summed E-state index contributed by atoms with van der Waals surface area (Å²) < 4.78 is 0. The number of aromatic nitrogens is 3. The molecule has 1 atom stereocenters. The summed E-state index contributed by atoms with van der Waals surface area (Å²) in [6.45, 7) is 0.324. The number of carbonyl (C=O) groups is 2. The van der Waals surface area contributed by atoms with Crippen LogP contribution in [0.2, 0.25) is 0 Å². The van der Waals surface area contributed by atoms with E-state index in [9.17, 15) is 9.59 Å². The molecular weight excluding hydrogens is 314 g/mol. The van der Waals surface area contributed by atoms with E-state index in [2.05, 4.69) is 20.5 Å². The molecule has 8 heteroatoms. The van der Waals surface area contributed by atoms with E-state index >= 15 is 0 Å². The molecular formula is C15H13N5O2S. The fraction of sp³-hybridized carbons (Fsp3) is 0.200. The number of nitrogens with one attached hydrogen (secondary N) is 2. The van der Waals surface area contributed by atoms with Gasteiger partial charge in [-0.15, -0.1) is 11.3 Å². The van der Waals surface area contributed by atoms with Gasteiger partial charge in [0.1, 0.15) is 0 Å². The molecule has 116 valence electrons. The number of rotatable bonds is 3. The SMILES string of the molecule is O=C(Nc1nccs1)C1CC(=O)N(c2n[nH]c3ccccc23)C1. The first-order chi connectivity index (χ1) is 11.2. The number of fused-ring (bicyclic) bond motifs is 1. The molecule has 1 unspecified atom stereocenters. The molecule has 2 N–H and O–H groups in total. The van der Waals surface area contributed by atoms with Gasteiger partial charge in [-0.05, 0) is 12.1 Å². The van der Waals surface area contributed by atoms with E-state index in [1.165, 1.54) is 11.3 Å².